The normalized spacial score (nSPS) is 22.6. The largest absolute Gasteiger partial charge is 0.297 e. The Balaban J connectivity index is 2.21. The van der Waals surface area contributed by atoms with Crippen molar-refractivity contribution in [2.45, 2.75) is 12.3 Å². The molecule has 100 valence electrons. The van der Waals surface area contributed by atoms with Crippen LogP contribution in [-0.2, 0) is 14.6 Å². The molecule has 0 aromatic heterocycles. The number of sulfone groups is 1. The summed E-state index contributed by atoms with van der Waals surface area (Å²) in [6.45, 7) is 0. The Morgan fingerprint density at radius 3 is 2.47 bits per heavy atom. The number of carbonyl (C=O) groups is 1. The molecule has 2 rings (SSSR count). The molecule has 0 spiro atoms. The molecule has 0 amide bonds. The summed E-state index contributed by atoms with van der Waals surface area (Å²) < 4.78 is 22.8. The molecule has 1 aliphatic heterocycles. The predicted octanol–water partition coefficient (Wildman–Crippen LogP) is 1.95. The monoisotopic (exact) mass is 297 g/mol. The van der Waals surface area contributed by atoms with Gasteiger partial charge in [0.15, 0.2) is 15.6 Å². The number of benzene rings is 1. The molecule has 4 nitrogen and oxygen atoms in total. The Bertz CT molecular complexity index is 631. The summed E-state index contributed by atoms with van der Waals surface area (Å²) in [7, 11) is -3.12. The average Bonchev–Trinajstić information content (AvgIpc) is 2.73. The minimum Gasteiger partial charge on any atom is -0.297 e. The predicted molar refractivity (Wildman–Crippen MR) is 71.6 cm³/mol. The molecule has 0 bridgehead atoms. The summed E-state index contributed by atoms with van der Waals surface area (Å²) in [6.07, 6.45) is 0.312. The molecule has 2 unspecified atom stereocenters. The van der Waals surface area contributed by atoms with Gasteiger partial charge in [-0.15, -0.1) is 0 Å². The zero-order chi connectivity index (χ0) is 14.0. The van der Waals surface area contributed by atoms with Crippen LogP contribution in [0.15, 0.2) is 24.3 Å². The van der Waals surface area contributed by atoms with Crippen LogP contribution in [0.3, 0.4) is 0 Å². The molecular weight excluding hydrogens is 286 g/mol. The van der Waals surface area contributed by atoms with Crippen molar-refractivity contribution in [1.29, 1.82) is 5.26 Å². The van der Waals surface area contributed by atoms with Gasteiger partial charge < -0.3 is 0 Å². The minimum absolute atomic E-state index is 0.0299. The van der Waals surface area contributed by atoms with Gasteiger partial charge in [-0.3, -0.25) is 4.79 Å². The molecule has 6 heteroatoms. The lowest BCUT2D eigenvalue weighted by atomic mass is 9.88. The van der Waals surface area contributed by atoms with E-state index in [4.69, 9.17) is 16.9 Å². The first kappa shape index (κ1) is 14.0. The molecular formula is C13H12ClNO3S. The van der Waals surface area contributed by atoms with Crippen LogP contribution in [0, 0.1) is 17.2 Å². The Labute approximate surface area is 116 Å². The second-order valence-corrected chi connectivity index (χ2v) is 7.28. The van der Waals surface area contributed by atoms with Crippen LogP contribution < -0.4 is 0 Å². The first-order valence-corrected chi connectivity index (χ1v) is 8.02. The summed E-state index contributed by atoms with van der Waals surface area (Å²) in [5, 5.41) is 9.68. The summed E-state index contributed by atoms with van der Waals surface area (Å²) in [5.74, 6) is -1.91. The third-order valence-electron chi connectivity index (χ3n) is 3.25. The van der Waals surface area contributed by atoms with Crippen molar-refractivity contribution in [2.75, 3.05) is 11.5 Å². The van der Waals surface area contributed by atoms with Crippen LogP contribution >= 0.6 is 11.6 Å². The van der Waals surface area contributed by atoms with Crippen LogP contribution in [0.25, 0.3) is 0 Å². The van der Waals surface area contributed by atoms with Crippen LogP contribution in [0.4, 0.5) is 0 Å². The second-order valence-electron chi connectivity index (χ2n) is 4.62. The van der Waals surface area contributed by atoms with Crippen LogP contribution in [0.1, 0.15) is 17.9 Å². The Morgan fingerprint density at radius 1 is 1.37 bits per heavy atom. The van der Waals surface area contributed by atoms with Crippen molar-refractivity contribution in [3.63, 3.8) is 0 Å². The summed E-state index contributed by atoms with van der Waals surface area (Å²) in [4.78, 5) is 12.2. The van der Waals surface area contributed by atoms with Gasteiger partial charge in [0, 0.05) is 10.9 Å². The lowest BCUT2D eigenvalue weighted by Gasteiger charge is -2.12. The molecule has 2 atom stereocenters. The first-order chi connectivity index (χ1) is 8.93. The van der Waals surface area contributed by atoms with E-state index < -0.39 is 21.7 Å². The van der Waals surface area contributed by atoms with Gasteiger partial charge in [-0.1, -0.05) is 23.7 Å². The van der Waals surface area contributed by atoms with E-state index in [1.807, 2.05) is 6.07 Å². The topological polar surface area (TPSA) is 75.0 Å². The fraction of sp³-hybridized carbons (Fsp3) is 0.385. The zero-order valence-electron chi connectivity index (χ0n) is 10.0. The van der Waals surface area contributed by atoms with Gasteiger partial charge in [-0.2, -0.15) is 5.26 Å². The van der Waals surface area contributed by atoms with Crippen molar-refractivity contribution in [1.82, 2.24) is 0 Å². The van der Waals surface area contributed by atoms with Gasteiger partial charge in [0.2, 0.25) is 0 Å². The number of hydrogen-bond donors (Lipinski definition) is 0. The summed E-state index contributed by atoms with van der Waals surface area (Å²) >= 11 is 5.76. The summed E-state index contributed by atoms with van der Waals surface area (Å²) in [5.41, 5.74) is 0.557. The van der Waals surface area contributed by atoms with Gasteiger partial charge in [0.05, 0.1) is 17.6 Å². The maximum atomic E-state index is 12.2. The molecule has 0 aliphatic carbocycles. The highest BCUT2D eigenvalue weighted by Gasteiger charge is 2.36. The van der Waals surface area contributed by atoms with E-state index in [2.05, 4.69) is 0 Å². The standard InChI is InChI=1S/C13H12ClNO3S/c14-11-3-1-9(2-4-11)12(7-15)13(16)10-5-6-19(17,18)8-10/h1-4,10,12H,5-6,8H2. The van der Waals surface area contributed by atoms with E-state index in [0.29, 0.717) is 17.0 Å². The molecule has 1 aromatic rings. The molecule has 19 heavy (non-hydrogen) atoms. The molecule has 1 aliphatic rings. The highest BCUT2D eigenvalue weighted by molar-refractivity contribution is 7.91. The van der Waals surface area contributed by atoms with E-state index in [9.17, 15) is 13.2 Å². The fourth-order valence-corrected chi connectivity index (χ4v) is 4.09. The molecule has 0 saturated carbocycles. The number of Topliss-reactive ketones (excluding diaryl/α,β-unsaturated/α-hetero) is 1. The third kappa shape index (κ3) is 3.14. The van der Waals surface area contributed by atoms with Gasteiger partial charge in [-0.05, 0) is 24.1 Å². The minimum atomic E-state index is -3.12. The number of ketones is 1. The molecule has 0 N–H and O–H groups in total. The molecule has 1 aromatic carbocycles. The fourth-order valence-electron chi connectivity index (χ4n) is 2.21. The highest BCUT2D eigenvalue weighted by atomic mass is 35.5. The van der Waals surface area contributed by atoms with E-state index in [1.165, 1.54) is 0 Å². The zero-order valence-corrected chi connectivity index (χ0v) is 11.6. The van der Waals surface area contributed by atoms with E-state index in [0.717, 1.165) is 0 Å². The van der Waals surface area contributed by atoms with Gasteiger partial charge >= 0.3 is 0 Å². The van der Waals surface area contributed by atoms with Crippen LogP contribution in [0.2, 0.25) is 5.02 Å². The van der Waals surface area contributed by atoms with Gasteiger partial charge in [-0.25, -0.2) is 8.42 Å². The van der Waals surface area contributed by atoms with Crippen molar-refractivity contribution >= 4 is 27.2 Å². The number of nitriles is 1. The lowest BCUT2D eigenvalue weighted by molar-refractivity contribution is -0.122. The molecule has 1 saturated heterocycles. The first-order valence-electron chi connectivity index (χ1n) is 5.82. The van der Waals surface area contributed by atoms with E-state index in [-0.39, 0.29) is 17.3 Å². The summed E-state index contributed by atoms with van der Waals surface area (Å²) in [6, 6.07) is 8.42. The Kier molecular flexibility index (Phi) is 3.93. The quantitative estimate of drug-likeness (QED) is 0.854. The van der Waals surface area contributed by atoms with Gasteiger partial charge in [0.1, 0.15) is 5.92 Å². The van der Waals surface area contributed by atoms with Gasteiger partial charge in [0.25, 0.3) is 0 Å². The Hall–Kier alpha value is -1.38. The van der Waals surface area contributed by atoms with Crippen molar-refractivity contribution in [3.05, 3.63) is 34.9 Å². The van der Waals surface area contributed by atoms with Crippen molar-refractivity contribution < 1.29 is 13.2 Å². The van der Waals surface area contributed by atoms with E-state index >= 15 is 0 Å². The number of halogens is 1. The number of hydrogen-bond acceptors (Lipinski definition) is 4. The number of nitrogens with zero attached hydrogens (tertiary/aromatic N) is 1. The molecule has 1 fully saturated rings. The number of carbonyl (C=O) groups excluding carboxylic acids is 1. The second kappa shape index (κ2) is 5.32. The average molecular weight is 298 g/mol. The maximum Gasteiger partial charge on any atom is 0.158 e. The highest BCUT2D eigenvalue weighted by Crippen LogP contribution is 2.27. The number of rotatable bonds is 3. The van der Waals surface area contributed by atoms with Crippen LogP contribution in [0.5, 0.6) is 0 Å². The SMILES string of the molecule is N#CC(C(=O)C1CCS(=O)(=O)C1)c1ccc(Cl)cc1. The maximum absolute atomic E-state index is 12.2. The van der Waals surface area contributed by atoms with Crippen LogP contribution in [-0.4, -0.2) is 25.7 Å². The third-order valence-corrected chi connectivity index (χ3v) is 5.27. The van der Waals surface area contributed by atoms with E-state index in [1.54, 1.807) is 24.3 Å². The molecule has 0 radical (unpaired) electrons. The van der Waals surface area contributed by atoms with Crippen molar-refractivity contribution in [2.24, 2.45) is 5.92 Å². The lowest BCUT2D eigenvalue weighted by Crippen LogP contribution is -2.22. The van der Waals surface area contributed by atoms with Crippen molar-refractivity contribution in [3.8, 4) is 6.07 Å². The Morgan fingerprint density at radius 2 is 2.00 bits per heavy atom. The molecule has 1 heterocycles. The smallest absolute Gasteiger partial charge is 0.158 e.